The Morgan fingerprint density at radius 3 is 2.76 bits per heavy atom. The molecule has 0 fully saturated rings. The lowest BCUT2D eigenvalue weighted by molar-refractivity contribution is -0.135. The van der Waals surface area contributed by atoms with Crippen molar-refractivity contribution in [2.45, 2.75) is 26.3 Å². The second kappa shape index (κ2) is 9.67. The number of nitrogens with zero attached hydrogens (tertiary/aromatic N) is 7. The summed E-state index contributed by atoms with van der Waals surface area (Å²) in [7, 11) is 3.21. The lowest BCUT2D eigenvalue weighted by Crippen LogP contribution is -2.44. The fraction of sp³-hybridized carbons (Fsp3) is 0.333. The van der Waals surface area contributed by atoms with E-state index in [4.69, 9.17) is 16.3 Å². The van der Waals surface area contributed by atoms with Crippen LogP contribution in [0.15, 0.2) is 24.4 Å². The second-order valence-electron chi connectivity index (χ2n) is 8.85. The molecular weight excluding hydrogens is 521 g/mol. The number of amides is 2. The van der Waals surface area contributed by atoms with Crippen molar-refractivity contribution < 1.29 is 18.7 Å². The van der Waals surface area contributed by atoms with Crippen molar-refractivity contribution in [2.75, 3.05) is 27.2 Å². The van der Waals surface area contributed by atoms with Crippen LogP contribution < -0.4 is 4.74 Å². The van der Waals surface area contributed by atoms with Crippen molar-refractivity contribution in [3.8, 4) is 5.75 Å². The van der Waals surface area contributed by atoms with Crippen LogP contribution in [0, 0.1) is 19.7 Å². The molecule has 0 spiro atoms. The normalized spacial score (nSPS) is 15.1. The van der Waals surface area contributed by atoms with E-state index >= 15 is 4.39 Å². The number of ether oxygens (including phenoxy) is 1. The average molecular weight is 544 g/mol. The number of imidazole rings is 1. The smallest absolute Gasteiger partial charge is 0.271 e. The van der Waals surface area contributed by atoms with Crippen LogP contribution in [0.1, 0.15) is 44.2 Å². The van der Waals surface area contributed by atoms with Gasteiger partial charge in [0.05, 0.1) is 11.4 Å². The van der Waals surface area contributed by atoms with Gasteiger partial charge in [0.25, 0.3) is 11.8 Å². The summed E-state index contributed by atoms with van der Waals surface area (Å²) < 4.78 is 22.6. The third-order valence-corrected chi connectivity index (χ3v) is 7.05. The van der Waals surface area contributed by atoms with Gasteiger partial charge in [-0.2, -0.15) is 5.10 Å². The van der Waals surface area contributed by atoms with E-state index in [1.165, 1.54) is 39.3 Å². The van der Waals surface area contributed by atoms with Crippen molar-refractivity contribution in [1.29, 1.82) is 0 Å². The largest absolute Gasteiger partial charge is 0.481 e. The Labute approximate surface area is 220 Å². The molecule has 192 valence electrons. The highest BCUT2D eigenvalue weighted by Gasteiger charge is 2.39. The van der Waals surface area contributed by atoms with Crippen LogP contribution in [0.3, 0.4) is 0 Å². The zero-order valence-corrected chi connectivity index (χ0v) is 22.1. The first-order chi connectivity index (χ1) is 17.6. The molecule has 1 atom stereocenters. The van der Waals surface area contributed by atoms with Gasteiger partial charge in [-0.3, -0.25) is 14.6 Å². The van der Waals surface area contributed by atoms with E-state index in [0.717, 1.165) is 10.7 Å². The average Bonchev–Trinajstić information content (AvgIpc) is 3.37. The van der Waals surface area contributed by atoms with Gasteiger partial charge in [-0.05, 0) is 37.6 Å². The number of carbonyl (C=O) groups is 2. The van der Waals surface area contributed by atoms with Crippen LogP contribution in [0.25, 0.3) is 4.96 Å². The lowest BCUT2D eigenvalue weighted by atomic mass is 9.98. The minimum atomic E-state index is -0.842. The lowest BCUT2D eigenvalue weighted by Gasteiger charge is -2.35. The maximum atomic E-state index is 15.2. The molecule has 0 aliphatic carbocycles. The highest BCUT2D eigenvalue weighted by Crippen LogP contribution is 2.37. The van der Waals surface area contributed by atoms with E-state index in [1.54, 1.807) is 31.7 Å². The summed E-state index contributed by atoms with van der Waals surface area (Å²) in [5, 5.41) is 5.30. The standard InChI is InChI=1S/C24H23ClFN7O3S/c1-12-9-14(26)19(27-10-12)21-20-15(29-24-33(20)30-13(2)37-24)7-8-32(21)18(34)11-36-17-6-5-16(28-22(17)25)23(35)31(3)4/h5-6,9-10,21H,7-8,11H2,1-4H3. The minimum absolute atomic E-state index is 0.0420. The van der Waals surface area contributed by atoms with E-state index in [-0.39, 0.29) is 34.8 Å². The summed E-state index contributed by atoms with van der Waals surface area (Å²) >= 11 is 7.64. The van der Waals surface area contributed by atoms with Gasteiger partial charge in [-0.25, -0.2) is 18.9 Å². The molecule has 2 amide bonds. The van der Waals surface area contributed by atoms with Gasteiger partial charge in [-0.1, -0.05) is 22.9 Å². The number of hydrogen-bond acceptors (Lipinski definition) is 8. The summed E-state index contributed by atoms with van der Waals surface area (Å²) in [6.07, 6.45) is 2.04. The number of carbonyl (C=O) groups excluding carboxylic acids is 2. The van der Waals surface area contributed by atoms with E-state index in [1.807, 2.05) is 6.92 Å². The van der Waals surface area contributed by atoms with Gasteiger partial charge in [0.15, 0.2) is 17.5 Å². The molecular formula is C24H23ClFN7O3S. The van der Waals surface area contributed by atoms with Crippen LogP contribution in [-0.2, 0) is 11.2 Å². The molecule has 4 aromatic heterocycles. The molecule has 5 rings (SSSR count). The Balaban J connectivity index is 1.46. The molecule has 37 heavy (non-hydrogen) atoms. The first-order valence-electron chi connectivity index (χ1n) is 11.4. The molecule has 5 heterocycles. The van der Waals surface area contributed by atoms with Crippen LogP contribution in [0.2, 0.25) is 5.15 Å². The number of hydrogen-bond donors (Lipinski definition) is 0. The predicted octanol–water partition coefficient (Wildman–Crippen LogP) is 3.25. The SMILES string of the molecule is Cc1cnc(C2c3c(nc4sc(C)nn34)CCN2C(=O)COc2ccc(C(=O)N(C)C)nc2Cl)c(F)c1. The van der Waals surface area contributed by atoms with Crippen molar-refractivity contribution in [3.05, 3.63) is 68.7 Å². The van der Waals surface area contributed by atoms with Crippen molar-refractivity contribution in [3.63, 3.8) is 0 Å². The molecule has 0 aromatic carbocycles. The van der Waals surface area contributed by atoms with E-state index in [2.05, 4.69) is 20.1 Å². The van der Waals surface area contributed by atoms with Crippen molar-refractivity contribution in [2.24, 2.45) is 0 Å². The summed E-state index contributed by atoms with van der Waals surface area (Å²) in [4.78, 5) is 42.3. The fourth-order valence-electron chi connectivity index (χ4n) is 4.25. The third kappa shape index (κ3) is 4.62. The predicted molar refractivity (Wildman–Crippen MR) is 135 cm³/mol. The van der Waals surface area contributed by atoms with Gasteiger partial charge in [0, 0.05) is 33.3 Å². The Hall–Kier alpha value is -3.64. The number of rotatable bonds is 5. The summed E-state index contributed by atoms with van der Waals surface area (Å²) in [5.41, 5.74) is 2.30. The summed E-state index contributed by atoms with van der Waals surface area (Å²) in [5.74, 6) is -1.08. The van der Waals surface area contributed by atoms with E-state index < -0.39 is 17.8 Å². The molecule has 1 aliphatic heterocycles. The molecule has 4 aromatic rings. The molecule has 1 aliphatic rings. The van der Waals surface area contributed by atoms with Crippen molar-refractivity contribution in [1.82, 2.24) is 34.4 Å². The van der Waals surface area contributed by atoms with Gasteiger partial charge < -0.3 is 14.5 Å². The first kappa shape index (κ1) is 25.0. The summed E-state index contributed by atoms with van der Waals surface area (Å²) in [6.45, 7) is 3.53. The molecule has 10 nitrogen and oxygen atoms in total. The van der Waals surface area contributed by atoms with Crippen LogP contribution in [0.4, 0.5) is 4.39 Å². The van der Waals surface area contributed by atoms with Crippen LogP contribution in [0.5, 0.6) is 5.75 Å². The number of pyridine rings is 2. The van der Waals surface area contributed by atoms with Crippen molar-refractivity contribution >= 4 is 39.7 Å². The van der Waals surface area contributed by atoms with Gasteiger partial charge in [-0.15, -0.1) is 0 Å². The molecule has 13 heteroatoms. The zero-order chi connectivity index (χ0) is 26.4. The zero-order valence-electron chi connectivity index (χ0n) is 20.5. The maximum absolute atomic E-state index is 15.2. The Kier molecular flexibility index (Phi) is 6.54. The Bertz CT molecular complexity index is 1540. The van der Waals surface area contributed by atoms with E-state index in [9.17, 15) is 9.59 Å². The number of halogens is 2. The molecule has 0 saturated carbocycles. The number of aromatic nitrogens is 5. The minimum Gasteiger partial charge on any atom is -0.481 e. The third-order valence-electron chi connectivity index (χ3n) is 5.95. The van der Waals surface area contributed by atoms with Gasteiger partial charge >= 0.3 is 0 Å². The topological polar surface area (TPSA) is 106 Å². The number of aryl methyl sites for hydroxylation is 2. The first-order valence-corrected chi connectivity index (χ1v) is 12.6. The maximum Gasteiger partial charge on any atom is 0.271 e. The molecule has 0 radical (unpaired) electrons. The fourth-order valence-corrected chi connectivity index (χ4v) is 5.23. The quantitative estimate of drug-likeness (QED) is 0.356. The molecule has 0 saturated heterocycles. The summed E-state index contributed by atoms with van der Waals surface area (Å²) in [6, 6.07) is 3.52. The highest BCUT2D eigenvalue weighted by molar-refractivity contribution is 7.16. The van der Waals surface area contributed by atoms with E-state index in [0.29, 0.717) is 29.2 Å². The number of fused-ring (bicyclic) bond motifs is 3. The highest BCUT2D eigenvalue weighted by atomic mass is 35.5. The molecule has 0 bridgehead atoms. The Morgan fingerprint density at radius 2 is 2.05 bits per heavy atom. The van der Waals surface area contributed by atoms with Gasteiger partial charge in [0.2, 0.25) is 4.96 Å². The second-order valence-corrected chi connectivity index (χ2v) is 10.4. The Morgan fingerprint density at radius 1 is 1.27 bits per heavy atom. The molecule has 1 unspecified atom stereocenters. The van der Waals surface area contributed by atoms with Gasteiger partial charge in [0.1, 0.15) is 28.3 Å². The van der Waals surface area contributed by atoms with Crippen LogP contribution >= 0.6 is 22.9 Å². The molecule has 0 N–H and O–H groups in total. The van der Waals surface area contributed by atoms with Crippen LogP contribution in [-0.4, -0.2) is 73.4 Å². The monoisotopic (exact) mass is 543 g/mol.